The molecule has 0 unspecified atom stereocenters. The number of rotatable bonds is 2. The Morgan fingerprint density at radius 3 is 2.95 bits per heavy atom. The Kier molecular flexibility index (Phi) is 3.16. The summed E-state index contributed by atoms with van der Waals surface area (Å²) in [6, 6.07) is 11.0. The minimum absolute atomic E-state index is 0.251. The molecule has 4 nitrogen and oxygen atoms in total. The molecule has 0 saturated heterocycles. The number of imidazole rings is 1. The van der Waals surface area contributed by atoms with Crippen LogP contribution in [0.2, 0.25) is 5.02 Å². The second-order valence-electron chi connectivity index (χ2n) is 4.51. The second-order valence-corrected chi connectivity index (χ2v) is 4.94. The third-order valence-corrected chi connectivity index (χ3v) is 3.28. The van der Waals surface area contributed by atoms with Crippen LogP contribution in [0, 0.1) is 6.92 Å². The van der Waals surface area contributed by atoms with Gasteiger partial charge in [0.2, 0.25) is 0 Å². The minimum atomic E-state index is -0.251. The highest BCUT2D eigenvalue weighted by molar-refractivity contribution is 6.31. The van der Waals surface area contributed by atoms with E-state index in [-0.39, 0.29) is 5.91 Å². The van der Waals surface area contributed by atoms with Gasteiger partial charge in [-0.25, -0.2) is 4.98 Å². The van der Waals surface area contributed by atoms with E-state index in [1.54, 1.807) is 22.7 Å². The maximum Gasteiger partial charge on any atom is 0.275 e. The van der Waals surface area contributed by atoms with Gasteiger partial charge in [-0.05, 0) is 36.8 Å². The number of fused-ring (bicyclic) bond motifs is 1. The summed E-state index contributed by atoms with van der Waals surface area (Å²) in [6.07, 6.45) is 3.55. The molecule has 0 atom stereocenters. The van der Waals surface area contributed by atoms with Crippen LogP contribution in [0.1, 0.15) is 16.1 Å². The monoisotopic (exact) mass is 285 g/mol. The number of nitrogens with one attached hydrogen (secondary N) is 1. The van der Waals surface area contributed by atoms with Crippen molar-refractivity contribution in [2.45, 2.75) is 6.92 Å². The largest absolute Gasteiger partial charge is 0.320 e. The molecule has 0 aliphatic carbocycles. The molecule has 20 heavy (non-hydrogen) atoms. The third kappa shape index (κ3) is 2.38. The first-order chi connectivity index (χ1) is 9.63. The molecule has 0 spiro atoms. The number of aromatic nitrogens is 2. The molecule has 0 aliphatic heterocycles. The first kappa shape index (κ1) is 12.7. The summed E-state index contributed by atoms with van der Waals surface area (Å²) in [4.78, 5) is 16.5. The van der Waals surface area contributed by atoms with E-state index < -0.39 is 0 Å². The van der Waals surface area contributed by atoms with Crippen molar-refractivity contribution < 1.29 is 4.79 Å². The second kappa shape index (κ2) is 4.98. The van der Waals surface area contributed by atoms with Crippen molar-refractivity contribution in [2.24, 2.45) is 0 Å². The van der Waals surface area contributed by atoms with Gasteiger partial charge in [-0.2, -0.15) is 0 Å². The average molecular weight is 286 g/mol. The fourth-order valence-corrected chi connectivity index (χ4v) is 2.13. The van der Waals surface area contributed by atoms with Crippen molar-refractivity contribution in [3.05, 3.63) is 65.1 Å². The molecule has 1 amide bonds. The Hall–Kier alpha value is -2.33. The van der Waals surface area contributed by atoms with E-state index in [1.807, 2.05) is 37.4 Å². The van der Waals surface area contributed by atoms with E-state index in [9.17, 15) is 4.79 Å². The number of pyridine rings is 1. The number of nitrogens with zero attached hydrogens (tertiary/aromatic N) is 2. The van der Waals surface area contributed by atoms with E-state index in [4.69, 9.17) is 11.6 Å². The molecule has 0 aliphatic rings. The maximum atomic E-state index is 12.2. The highest BCUT2D eigenvalue weighted by Gasteiger charge is 2.12. The molecule has 0 bridgehead atoms. The quantitative estimate of drug-likeness (QED) is 0.783. The van der Waals surface area contributed by atoms with Crippen molar-refractivity contribution >= 4 is 28.8 Å². The minimum Gasteiger partial charge on any atom is -0.320 e. The molecule has 100 valence electrons. The summed E-state index contributed by atoms with van der Waals surface area (Å²) < 4.78 is 1.81. The number of anilines is 1. The molecular formula is C15H12ClN3O. The predicted octanol–water partition coefficient (Wildman–Crippen LogP) is 3.55. The zero-order chi connectivity index (χ0) is 14.1. The van der Waals surface area contributed by atoms with Crippen molar-refractivity contribution in [2.75, 3.05) is 5.32 Å². The zero-order valence-corrected chi connectivity index (χ0v) is 11.6. The lowest BCUT2D eigenvalue weighted by atomic mass is 10.2. The highest BCUT2D eigenvalue weighted by Crippen LogP contribution is 2.20. The lowest BCUT2D eigenvalue weighted by Gasteiger charge is -2.07. The summed E-state index contributed by atoms with van der Waals surface area (Å²) in [7, 11) is 0. The van der Waals surface area contributed by atoms with Gasteiger partial charge < -0.3 is 9.72 Å². The number of carbonyl (C=O) groups is 1. The van der Waals surface area contributed by atoms with Gasteiger partial charge in [0, 0.05) is 23.1 Å². The normalized spacial score (nSPS) is 10.7. The van der Waals surface area contributed by atoms with Crippen molar-refractivity contribution in [3.63, 3.8) is 0 Å². The first-order valence-electron chi connectivity index (χ1n) is 6.15. The number of carbonyl (C=O) groups excluding carboxylic acids is 1. The first-order valence-corrected chi connectivity index (χ1v) is 6.52. The molecule has 0 radical (unpaired) electrons. The molecule has 3 rings (SSSR count). The zero-order valence-electron chi connectivity index (χ0n) is 10.8. The fourth-order valence-electron chi connectivity index (χ4n) is 1.96. The van der Waals surface area contributed by atoms with Crippen LogP contribution >= 0.6 is 11.6 Å². The molecule has 2 heterocycles. The van der Waals surface area contributed by atoms with Crippen LogP contribution < -0.4 is 5.32 Å². The molecule has 2 aromatic heterocycles. The van der Waals surface area contributed by atoms with Gasteiger partial charge in [0.25, 0.3) is 5.91 Å². The summed E-state index contributed by atoms with van der Waals surface area (Å²) in [5.41, 5.74) is 2.75. The lowest BCUT2D eigenvalue weighted by Crippen LogP contribution is -2.13. The standard InChI is InChI=1S/C15H12ClN3O/c1-10-5-6-11(16)8-12(10)18-15(20)13-9-19-7-3-2-4-14(19)17-13/h2-9H,1H3,(H,18,20). The molecule has 5 heteroatoms. The van der Waals surface area contributed by atoms with Gasteiger partial charge in [-0.3, -0.25) is 4.79 Å². The topological polar surface area (TPSA) is 46.4 Å². The Morgan fingerprint density at radius 2 is 2.15 bits per heavy atom. The number of aryl methyl sites for hydroxylation is 1. The van der Waals surface area contributed by atoms with E-state index in [0.717, 1.165) is 11.2 Å². The van der Waals surface area contributed by atoms with Crippen molar-refractivity contribution in [1.82, 2.24) is 9.38 Å². The Balaban J connectivity index is 1.90. The van der Waals surface area contributed by atoms with Crippen LogP contribution in [0.5, 0.6) is 0 Å². The van der Waals surface area contributed by atoms with Crippen LogP contribution in [0.4, 0.5) is 5.69 Å². The summed E-state index contributed by atoms with van der Waals surface area (Å²) in [6.45, 7) is 1.91. The van der Waals surface area contributed by atoms with Crippen LogP contribution in [0.3, 0.4) is 0 Å². The molecule has 1 N–H and O–H groups in total. The van der Waals surface area contributed by atoms with Crippen LogP contribution in [-0.4, -0.2) is 15.3 Å². The Bertz CT molecular complexity index is 762. The van der Waals surface area contributed by atoms with E-state index in [1.165, 1.54) is 0 Å². The van der Waals surface area contributed by atoms with E-state index in [0.29, 0.717) is 16.4 Å². The number of hydrogen-bond acceptors (Lipinski definition) is 2. The van der Waals surface area contributed by atoms with Crippen LogP contribution in [0.15, 0.2) is 48.8 Å². The Morgan fingerprint density at radius 1 is 1.30 bits per heavy atom. The van der Waals surface area contributed by atoms with E-state index in [2.05, 4.69) is 10.3 Å². The van der Waals surface area contributed by atoms with Gasteiger partial charge in [0.15, 0.2) is 0 Å². The van der Waals surface area contributed by atoms with Crippen LogP contribution in [0.25, 0.3) is 5.65 Å². The smallest absolute Gasteiger partial charge is 0.275 e. The number of amides is 1. The fraction of sp³-hybridized carbons (Fsp3) is 0.0667. The molecule has 0 saturated carbocycles. The number of halogens is 1. The van der Waals surface area contributed by atoms with Gasteiger partial charge in [-0.15, -0.1) is 0 Å². The average Bonchev–Trinajstić information content (AvgIpc) is 2.87. The van der Waals surface area contributed by atoms with Gasteiger partial charge in [0.05, 0.1) is 0 Å². The number of benzene rings is 1. The summed E-state index contributed by atoms with van der Waals surface area (Å²) >= 11 is 5.94. The Labute approximate surface area is 121 Å². The van der Waals surface area contributed by atoms with Crippen molar-refractivity contribution in [1.29, 1.82) is 0 Å². The van der Waals surface area contributed by atoms with Gasteiger partial charge >= 0.3 is 0 Å². The summed E-state index contributed by atoms with van der Waals surface area (Å²) in [5, 5.41) is 3.41. The van der Waals surface area contributed by atoms with Crippen molar-refractivity contribution in [3.8, 4) is 0 Å². The molecule has 1 aromatic carbocycles. The molecule has 3 aromatic rings. The summed E-state index contributed by atoms with van der Waals surface area (Å²) in [5.74, 6) is -0.251. The maximum absolute atomic E-state index is 12.2. The van der Waals surface area contributed by atoms with Gasteiger partial charge in [0.1, 0.15) is 11.3 Å². The SMILES string of the molecule is Cc1ccc(Cl)cc1NC(=O)c1cn2ccccc2n1. The van der Waals surface area contributed by atoms with E-state index >= 15 is 0 Å². The molecular weight excluding hydrogens is 274 g/mol. The number of hydrogen-bond donors (Lipinski definition) is 1. The lowest BCUT2D eigenvalue weighted by molar-refractivity contribution is 0.102. The highest BCUT2D eigenvalue weighted by atomic mass is 35.5. The predicted molar refractivity (Wildman–Crippen MR) is 79.3 cm³/mol. The van der Waals surface area contributed by atoms with Gasteiger partial charge in [-0.1, -0.05) is 23.7 Å². The molecule has 0 fully saturated rings. The van der Waals surface area contributed by atoms with Crippen LogP contribution in [-0.2, 0) is 0 Å². The third-order valence-electron chi connectivity index (χ3n) is 3.04.